The maximum atomic E-state index is 12.6. The van der Waals surface area contributed by atoms with E-state index in [4.69, 9.17) is 4.74 Å². The van der Waals surface area contributed by atoms with Crippen LogP contribution in [0.1, 0.15) is 35.2 Å². The Morgan fingerprint density at radius 2 is 1.72 bits per heavy atom. The number of carbonyl (C=O) groups is 1. The molecule has 1 fully saturated rings. The monoisotopic (exact) mass is 337 g/mol. The number of ketones is 1. The van der Waals surface area contributed by atoms with Crippen LogP contribution in [0, 0.1) is 5.92 Å². The molecule has 0 aromatic heterocycles. The highest BCUT2D eigenvalue weighted by Gasteiger charge is 2.25. The van der Waals surface area contributed by atoms with Crippen molar-refractivity contribution in [1.82, 2.24) is 4.90 Å². The molecule has 0 saturated carbocycles. The minimum absolute atomic E-state index is 0.166. The largest absolute Gasteiger partial charge is 0.497 e. The Bertz CT molecular complexity index is 658. The summed E-state index contributed by atoms with van der Waals surface area (Å²) >= 11 is 0. The summed E-state index contributed by atoms with van der Waals surface area (Å²) in [5.41, 5.74) is 2.22. The number of ether oxygens (including phenoxy) is 1. The van der Waals surface area contributed by atoms with Gasteiger partial charge in [-0.3, -0.25) is 4.79 Å². The van der Waals surface area contributed by atoms with Crippen molar-refractivity contribution in [3.63, 3.8) is 0 Å². The van der Waals surface area contributed by atoms with Crippen LogP contribution >= 0.6 is 0 Å². The zero-order valence-electron chi connectivity index (χ0n) is 15.0. The van der Waals surface area contributed by atoms with Crippen molar-refractivity contribution in [3.8, 4) is 5.75 Å². The van der Waals surface area contributed by atoms with Crippen molar-refractivity contribution in [2.45, 2.75) is 25.7 Å². The fraction of sp³-hybridized carbons (Fsp3) is 0.409. The zero-order chi connectivity index (χ0) is 17.5. The summed E-state index contributed by atoms with van der Waals surface area (Å²) in [4.78, 5) is 15.1. The molecule has 3 heteroatoms. The molecule has 2 aromatic rings. The number of aryl methyl sites for hydroxylation is 1. The predicted octanol–water partition coefficient (Wildman–Crippen LogP) is 4.22. The van der Waals surface area contributed by atoms with E-state index >= 15 is 0 Å². The number of hydrogen-bond donors (Lipinski definition) is 0. The molecule has 1 heterocycles. The van der Waals surface area contributed by atoms with Crippen molar-refractivity contribution in [1.29, 1.82) is 0 Å². The van der Waals surface area contributed by atoms with Gasteiger partial charge >= 0.3 is 0 Å². The lowest BCUT2D eigenvalue weighted by atomic mass is 9.89. The number of Topliss-reactive ketones (excluding diaryl/α,β-unsaturated/α-hetero) is 1. The first-order valence-corrected chi connectivity index (χ1v) is 9.21. The van der Waals surface area contributed by atoms with E-state index in [9.17, 15) is 4.79 Å². The van der Waals surface area contributed by atoms with Gasteiger partial charge in [-0.2, -0.15) is 0 Å². The minimum atomic E-state index is 0.166. The third kappa shape index (κ3) is 4.93. The van der Waals surface area contributed by atoms with Crippen LogP contribution in [-0.2, 0) is 6.42 Å². The van der Waals surface area contributed by atoms with Gasteiger partial charge < -0.3 is 9.64 Å². The van der Waals surface area contributed by atoms with Gasteiger partial charge in [0, 0.05) is 11.5 Å². The summed E-state index contributed by atoms with van der Waals surface area (Å²) in [6.45, 7) is 3.18. The Kier molecular flexibility index (Phi) is 6.24. The van der Waals surface area contributed by atoms with E-state index in [2.05, 4.69) is 35.2 Å². The van der Waals surface area contributed by atoms with E-state index in [0.717, 1.165) is 50.2 Å². The number of benzene rings is 2. The van der Waals surface area contributed by atoms with Crippen molar-refractivity contribution < 1.29 is 9.53 Å². The average Bonchev–Trinajstić information content (AvgIpc) is 2.69. The molecular formula is C22H27NO2. The van der Waals surface area contributed by atoms with Crippen LogP contribution in [0.2, 0.25) is 0 Å². The maximum Gasteiger partial charge on any atom is 0.166 e. The summed E-state index contributed by atoms with van der Waals surface area (Å²) in [6.07, 6.45) is 4.25. The lowest BCUT2D eigenvalue weighted by molar-refractivity contribution is 0.0839. The SMILES string of the molecule is COc1ccc(C(=O)C2CCN(CCCc3ccccc3)CC2)cc1. The summed E-state index contributed by atoms with van der Waals surface area (Å²) in [7, 11) is 1.64. The maximum absolute atomic E-state index is 12.6. The molecule has 0 amide bonds. The number of hydrogen-bond acceptors (Lipinski definition) is 3. The molecule has 3 nitrogen and oxygen atoms in total. The highest BCUT2D eigenvalue weighted by Crippen LogP contribution is 2.23. The third-order valence-corrected chi connectivity index (χ3v) is 5.12. The molecular weight excluding hydrogens is 310 g/mol. The topological polar surface area (TPSA) is 29.5 Å². The summed E-state index contributed by atoms with van der Waals surface area (Å²) < 4.78 is 5.16. The molecule has 1 saturated heterocycles. The molecule has 1 aliphatic rings. The highest BCUT2D eigenvalue weighted by molar-refractivity contribution is 5.98. The number of rotatable bonds is 7. The first-order chi connectivity index (χ1) is 12.3. The van der Waals surface area contributed by atoms with E-state index in [1.165, 1.54) is 12.0 Å². The van der Waals surface area contributed by atoms with E-state index < -0.39 is 0 Å². The summed E-state index contributed by atoms with van der Waals surface area (Å²) in [6, 6.07) is 18.2. The van der Waals surface area contributed by atoms with Crippen LogP contribution in [0.4, 0.5) is 0 Å². The van der Waals surface area contributed by atoms with E-state index in [0.29, 0.717) is 0 Å². The first kappa shape index (κ1) is 17.7. The lowest BCUT2D eigenvalue weighted by Crippen LogP contribution is -2.37. The molecule has 0 atom stereocenters. The molecule has 0 aliphatic carbocycles. The molecule has 132 valence electrons. The number of methoxy groups -OCH3 is 1. The smallest absolute Gasteiger partial charge is 0.166 e. The number of carbonyl (C=O) groups excluding carboxylic acids is 1. The number of likely N-dealkylation sites (tertiary alicyclic amines) is 1. The van der Waals surface area contributed by atoms with E-state index in [1.54, 1.807) is 7.11 Å². The molecule has 2 aromatic carbocycles. The fourth-order valence-corrected chi connectivity index (χ4v) is 3.56. The van der Waals surface area contributed by atoms with Crippen molar-refractivity contribution in [3.05, 3.63) is 65.7 Å². The van der Waals surface area contributed by atoms with Crippen molar-refractivity contribution in [2.24, 2.45) is 5.92 Å². The van der Waals surface area contributed by atoms with Gasteiger partial charge in [-0.1, -0.05) is 30.3 Å². The van der Waals surface area contributed by atoms with Crippen molar-refractivity contribution >= 4 is 5.78 Å². The quantitative estimate of drug-likeness (QED) is 0.708. The molecule has 0 N–H and O–H groups in total. The van der Waals surface area contributed by atoms with Crippen LogP contribution in [0.3, 0.4) is 0 Å². The second kappa shape index (κ2) is 8.82. The van der Waals surface area contributed by atoms with Crippen LogP contribution in [-0.4, -0.2) is 37.4 Å². The van der Waals surface area contributed by atoms with Gasteiger partial charge in [0.05, 0.1) is 7.11 Å². The van der Waals surface area contributed by atoms with Gasteiger partial charge in [-0.25, -0.2) is 0 Å². The minimum Gasteiger partial charge on any atom is -0.497 e. The average molecular weight is 337 g/mol. The van der Waals surface area contributed by atoms with Crippen LogP contribution in [0.15, 0.2) is 54.6 Å². The molecule has 0 spiro atoms. The lowest BCUT2D eigenvalue weighted by Gasteiger charge is -2.31. The van der Waals surface area contributed by atoms with Crippen LogP contribution in [0.25, 0.3) is 0 Å². The van der Waals surface area contributed by atoms with E-state index in [1.807, 2.05) is 24.3 Å². The number of piperidine rings is 1. The zero-order valence-corrected chi connectivity index (χ0v) is 15.0. The standard InChI is InChI=1S/C22H27NO2/c1-25-21-11-9-19(10-12-21)22(24)20-13-16-23(17-14-20)15-5-8-18-6-3-2-4-7-18/h2-4,6-7,9-12,20H,5,8,13-17H2,1H3. The molecule has 0 unspecified atom stereocenters. The van der Waals surface area contributed by atoms with Gasteiger partial charge in [-0.05, 0) is 75.1 Å². The predicted molar refractivity (Wildman–Crippen MR) is 101 cm³/mol. The summed E-state index contributed by atoms with van der Waals surface area (Å²) in [5, 5.41) is 0. The molecule has 25 heavy (non-hydrogen) atoms. The second-order valence-electron chi connectivity index (χ2n) is 6.80. The van der Waals surface area contributed by atoms with Gasteiger partial charge in [0.15, 0.2) is 5.78 Å². The van der Waals surface area contributed by atoms with E-state index in [-0.39, 0.29) is 11.7 Å². The van der Waals surface area contributed by atoms with Gasteiger partial charge in [0.2, 0.25) is 0 Å². The van der Waals surface area contributed by atoms with Crippen molar-refractivity contribution in [2.75, 3.05) is 26.7 Å². The molecule has 0 radical (unpaired) electrons. The van der Waals surface area contributed by atoms with Crippen LogP contribution < -0.4 is 4.74 Å². The molecule has 0 bridgehead atoms. The Morgan fingerprint density at radius 3 is 2.36 bits per heavy atom. The molecule has 3 rings (SSSR count). The Labute approximate surface area is 150 Å². The number of nitrogens with zero attached hydrogens (tertiary/aromatic N) is 1. The van der Waals surface area contributed by atoms with Gasteiger partial charge in [0.1, 0.15) is 5.75 Å². The Morgan fingerprint density at radius 1 is 1.04 bits per heavy atom. The highest BCUT2D eigenvalue weighted by atomic mass is 16.5. The summed E-state index contributed by atoms with van der Waals surface area (Å²) in [5.74, 6) is 1.25. The normalized spacial score (nSPS) is 15.9. The Balaban J connectivity index is 1.42. The second-order valence-corrected chi connectivity index (χ2v) is 6.80. The third-order valence-electron chi connectivity index (χ3n) is 5.12. The first-order valence-electron chi connectivity index (χ1n) is 9.21. The molecule has 1 aliphatic heterocycles. The Hall–Kier alpha value is -2.13. The van der Waals surface area contributed by atoms with Crippen LogP contribution in [0.5, 0.6) is 5.75 Å². The fourth-order valence-electron chi connectivity index (χ4n) is 3.56. The van der Waals surface area contributed by atoms with Gasteiger partial charge in [0.25, 0.3) is 0 Å². The van der Waals surface area contributed by atoms with Gasteiger partial charge in [-0.15, -0.1) is 0 Å².